The molecule has 3 N–H and O–H groups in total. The van der Waals surface area contributed by atoms with Crippen molar-refractivity contribution in [1.82, 2.24) is 20.6 Å². The first-order valence-corrected chi connectivity index (χ1v) is 13.9. The van der Waals surface area contributed by atoms with Crippen LogP contribution < -0.4 is 25.2 Å². The number of aromatic nitrogens is 2. The highest BCUT2D eigenvalue weighted by Crippen LogP contribution is 2.36. The molecule has 9 heteroatoms. The summed E-state index contributed by atoms with van der Waals surface area (Å²) in [6.45, 7) is 12.8. The summed E-state index contributed by atoms with van der Waals surface area (Å²) < 4.78 is 5.42. The molecule has 8 nitrogen and oxygen atoms in total. The zero-order valence-electron chi connectivity index (χ0n) is 22.8. The molecule has 3 aromatic rings. The lowest BCUT2D eigenvalue weighted by Crippen LogP contribution is -2.45. The van der Waals surface area contributed by atoms with Crippen molar-refractivity contribution in [3.63, 3.8) is 0 Å². The van der Waals surface area contributed by atoms with Crippen molar-refractivity contribution in [1.29, 1.82) is 0 Å². The topological polar surface area (TPSA) is 85.8 Å². The van der Waals surface area contributed by atoms with E-state index in [-0.39, 0.29) is 5.75 Å². The van der Waals surface area contributed by atoms with Crippen LogP contribution in [0.4, 0.5) is 11.5 Å². The number of ether oxygens (including phenoxy) is 1. The Labute approximate surface area is 226 Å². The first-order valence-electron chi connectivity index (χ1n) is 13.0. The van der Waals surface area contributed by atoms with Crippen LogP contribution in [0, 0.1) is 0 Å². The van der Waals surface area contributed by atoms with Gasteiger partial charge in [0.25, 0.3) is 0 Å². The Morgan fingerprint density at radius 2 is 1.81 bits per heavy atom. The molecule has 2 aliphatic rings. The van der Waals surface area contributed by atoms with Gasteiger partial charge in [-0.1, -0.05) is 45.0 Å². The number of piperazine rings is 1. The van der Waals surface area contributed by atoms with Gasteiger partial charge in [0.15, 0.2) is 0 Å². The predicted molar refractivity (Wildman–Crippen MR) is 158 cm³/mol. The highest BCUT2D eigenvalue weighted by molar-refractivity contribution is 7.79. The maximum absolute atomic E-state index is 10.2. The molecule has 0 radical (unpaired) electrons. The summed E-state index contributed by atoms with van der Waals surface area (Å²) >= 11 is 3.53. The number of phenolic OH excluding ortho intramolecular Hbond substituents is 1. The molecule has 202 valence electrons. The van der Waals surface area contributed by atoms with Crippen LogP contribution in [-0.2, 0) is 13.0 Å². The Bertz CT molecular complexity index is 1140. The van der Waals surface area contributed by atoms with Crippen LogP contribution in [0.5, 0.6) is 11.8 Å². The summed E-state index contributed by atoms with van der Waals surface area (Å²) in [5.74, 6) is 1.29. The Hall–Kier alpha value is -2.75. The fourth-order valence-electron chi connectivity index (χ4n) is 4.77. The Morgan fingerprint density at radius 1 is 1.08 bits per heavy atom. The zero-order valence-corrected chi connectivity index (χ0v) is 23.7. The van der Waals surface area contributed by atoms with E-state index < -0.39 is 0 Å². The van der Waals surface area contributed by atoms with Gasteiger partial charge in [-0.05, 0) is 30.7 Å². The fraction of sp³-hybridized carbons (Fsp3) is 0.500. The molecule has 37 heavy (non-hydrogen) atoms. The Morgan fingerprint density at radius 3 is 2.46 bits per heavy atom. The van der Waals surface area contributed by atoms with Crippen LogP contribution in [0.2, 0.25) is 0 Å². The highest BCUT2D eigenvalue weighted by Gasteiger charge is 2.27. The van der Waals surface area contributed by atoms with E-state index in [4.69, 9.17) is 9.72 Å². The van der Waals surface area contributed by atoms with Gasteiger partial charge in [0.1, 0.15) is 11.6 Å². The summed E-state index contributed by atoms with van der Waals surface area (Å²) in [5.41, 5.74) is 3.25. The van der Waals surface area contributed by atoms with Crippen molar-refractivity contribution < 1.29 is 9.84 Å². The number of fused-ring (bicyclic) bond motifs is 2. The number of hydrogen-bond acceptors (Lipinski definition) is 9. The number of hydrogen-bond donors (Lipinski definition) is 4. The van der Waals surface area contributed by atoms with Gasteiger partial charge < -0.3 is 30.3 Å². The average Bonchev–Trinajstić information content (AvgIpc) is 2.93. The van der Waals surface area contributed by atoms with Gasteiger partial charge in [-0.3, -0.25) is 0 Å². The minimum Gasteiger partial charge on any atom is -0.508 e. The monoisotopic (exact) mass is 526 g/mol. The molecular weight excluding hydrogens is 484 g/mol. The van der Waals surface area contributed by atoms with Gasteiger partial charge in [0.05, 0.1) is 19.3 Å². The molecule has 5 rings (SSSR count). The smallest absolute Gasteiger partial charge is 0.318 e. The average molecular weight is 527 g/mol. The molecule has 0 spiro atoms. The van der Waals surface area contributed by atoms with Crippen LogP contribution in [0.1, 0.15) is 32.0 Å². The molecule has 1 fully saturated rings. The quantitative estimate of drug-likeness (QED) is 0.373. The Balaban J connectivity index is 0.000000421. The second-order valence-electron chi connectivity index (χ2n) is 9.27. The van der Waals surface area contributed by atoms with Crippen LogP contribution in [0.3, 0.4) is 0 Å². The lowest BCUT2D eigenvalue weighted by atomic mass is 10.0. The van der Waals surface area contributed by atoms with Crippen molar-refractivity contribution in [2.24, 2.45) is 0 Å². The number of benzene rings is 2. The number of nitrogens with zero attached hydrogens (tertiary/aromatic N) is 4. The zero-order chi connectivity index (χ0) is 26.8. The summed E-state index contributed by atoms with van der Waals surface area (Å²) in [4.78, 5) is 14.0. The third-order valence-corrected chi connectivity index (χ3v) is 6.40. The SMILES string of the molecule is CCNC(C)C.COc1nc2c(c(N3CCNCC3)n1)CCN(c1cc(O)cc3ccccc13)C2.CS. The van der Waals surface area contributed by atoms with Gasteiger partial charge in [0.2, 0.25) is 0 Å². The van der Waals surface area contributed by atoms with Crippen LogP contribution in [0.15, 0.2) is 36.4 Å². The molecule has 0 bridgehead atoms. The van der Waals surface area contributed by atoms with E-state index in [1.54, 1.807) is 13.4 Å². The number of anilines is 2. The van der Waals surface area contributed by atoms with Crippen molar-refractivity contribution in [2.45, 2.75) is 39.8 Å². The summed E-state index contributed by atoms with van der Waals surface area (Å²) in [7, 11) is 1.62. The molecule has 2 aliphatic heterocycles. The van der Waals surface area contributed by atoms with E-state index in [1.807, 2.05) is 30.3 Å². The number of rotatable bonds is 5. The van der Waals surface area contributed by atoms with E-state index in [2.05, 4.69) is 64.9 Å². The van der Waals surface area contributed by atoms with Crippen molar-refractivity contribution in [3.8, 4) is 11.8 Å². The van der Waals surface area contributed by atoms with E-state index >= 15 is 0 Å². The molecular formula is C28H42N6O2S. The third kappa shape index (κ3) is 7.40. The van der Waals surface area contributed by atoms with Crippen molar-refractivity contribution >= 4 is 34.9 Å². The van der Waals surface area contributed by atoms with E-state index in [0.717, 1.165) is 73.7 Å². The number of phenols is 1. The molecule has 0 aliphatic carbocycles. The van der Waals surface area contributed by atoms with Gasteiger partial charge in [-0.15, -0.1) is 0 Å². The summed E-state index contributed by atoms with van der Waals surface area (Å²) in [6, 6.07) is 12.9. The van der Waals surface area contributed by atoms with Crippen molar-refractivity contribution in [2.75, 3.05) is 62.4 Å². The number of aromatic hydroxyl groups is 1. The van der Waals surface area contributed by atoms with Gasteiger partial charge >= 0.3 is 6.01 Å². The minimum atomic E-state index is 0.284. The first-order chi connectivity index (χ1) is 18.0. The lowest BCUT2D eigenvalue weighted by molar-refractivity contribution is 0.376. The van der Waals surface area contributed by atoms with Gasteiger partial charge in [-0.2, -0.15) is 22.6 Å². The molecule has 2 aromatic carbocycles. The molecule has 0 saturated carbocycles. The van der Waals surface area contributed by atoms with E-state index in [1.165, 1.54) is 5.56 Å². The molecule has 0 unspecified atom stereocenters. The normalized spacial score (nSPS) is 14.9. The second-order valence-corrected chi connectivity index (χ2v) is 9.27. The minimum absolute atomic E-state index is 0.284. The second kappa shape index (κ2) is 14.3. The van der Waals surface area contributed by atoms with E-state index in [0.29, 0.717) is 18.6 Å². The highest BCUT2D eigenvalue weighted by atomic mass is 32.1. The molecule has 0 amide bonds. The van der Waals surface area contributed by atoms with Crippen LogP contribution >= 0.6 is 12.6 Å². The van der Waals surface area contributed by atoms with Crippen LogP contribution in [-0.4, -0.2) is 73.8 Å². The largest absolute Gasteiger partial charge is 0.508 e. The van der Waals surface area contributed by atoms with Gasteiger partial charge in [-0.25, -0.2) is 0 Å². The third-order valence-electron chi connectivity index (χ3n) is 6.40. The summed E-state index contributed by atoms with van der Waals surface area (Å²) in [5, 5.41) is 19.0. The Kier molecular flexibility index (Phi) is 11.1. The number of nitrogens with one attached hydrogen (secondary N) is 2. The maximum atomic E-state index is 10.2. The lowest BCUT2D eigenvalue weighted by Gasteiger charge is -2.35. The number of thiol groups is 1. The number of methoxy groups -OCH3 is 1. The fourth-order valence-corrected chi connectivity index (χ4v) is 4.77. The molecule has 1 aromatic heterocycles. The van der Waals surface area contributed by atoms with Crippen LogP contribution in [0.25, 0.3) is 10.8 Å². The summed E-state index contributed by atoms with van der Waals surface area (Å²) in [6.07, 6.45) is 2.56. The first kappa shape index (κ1) is 28.8. The predicted octanol–water partition coefficient (Wildman–Crippen LogP) is 3.87. The van der Waals surface area contributed by atoms with Crippen molar-refractivity contribution in [3.05, 3.63) is 47.7 Å². The maximum Gasteiger partial charge on any atom is 0.318 e. The molecule has 3 heterocycles. The standard InChI is InChI=1S/C22H25N5O2.C5H13N.CH4S/c1-29-22-24-19-14-27(20-13-16(28)12-15-4-2-3-5-17(15)20)9-6-18(19)21(25-22)26-10-7-23-8-11-26;1-4-6-5(2)3;1-2/h2-5,12-13,23,28H,6-11,14H2,1H3;5-6H,4H2,1-3H3;2H,1H3. The van der Waals surface area contributed by atoms with Gasteiger partial charge in [0, 0.05) is 61.5 Å². The molecule has 0 atom stereocenters. The van der Waals surface area contributed by atoms with E-state index in [9.17, 15) is 5.11 Å². The molecule has 1 saturated heterocycles.